The molecule has 0 aliphatic carbocycles. The lowest BCUT2D eigenvalue weighted by atomic mass is 10.1. The van der Waals surface area contributed by atoms with Gasteiger partial charge in [-0.2, -0.15) is 0 Å². The van der Waals surface area contributed by atoms with Crippen molar-refractivity contribution in [3.63, 3.8) is 0 Å². The van der Waals surface area contributed by atoms with Gasteiger partial charge in [0.15, 0.2) is 0 Å². The molecule has 14 heteroatoms. The average molecular weight is 521 g/mol. The summed E-state index contributed by atoms with van der Waals surface area (Å²) < 4.78 is 21.0. The number of hydrogen-bond acceptors (Lipinski definition) is 9. The quantitative estimate of drug-likeness (QED) is 0.0677. The molecule has 4 amide bonds. The minimum absolute atomic E-state index is 0.00415. The van der Waals surface area contributed by atoms with E-state index >= 15 is 0 Å². The topological polar surface area (TPSA) is 191 Å². The van der Waals surface area contributed by atoms with E-state index in [9.17, 15) is 24.0 Å². The maximum Gasteiger partial charge on any atom is 0.326 e. The summed E-state index contributed by atoms with van der Waals surface area (Å²) in [5, 5.41) is 18.9. The Morgan fingerprint density at radius 3 is 1.75 bits per heavy atom. The van der Waals surface area contributed by atoms with Crippen molar-refractivity contribution >= 4 is 30.1 Å². The monoisotopic (exact) mass is 520 g/mol. The molecule has 5 N–H and O–H groups in total. The highest BCUT2D eigenvalue weighted by atomic mass is 16.5. The highest BCUT2D eigenvalue weighted by Gasteiger charge is 2.17. The van der Waals surface area contributed by atoms with Crippen LogP contribution in [0.5, 0.6) is 0 Å². The van der Waals surface area contributed by atoms with Crippen LogP contribution < -0.4 is 21.3 Å². The zero-order valence-corrected chi connectivity index (χ0v) is 20.9. The second-order valence-corrected chi connectivity index (χ2v) is 7.45. The van der Waals surface area contributed by atoms with Crippen molar-refractivity contribution in [3.05, 3.63) is 0 Å². The van der Waals surface area contributed by atoms with E-state index in [-0.39, 0.29) is 83.2 Å². The van der Waals surface area contributed by atoms with Gasteiger partial charge in [0.25, 0.3) is 0 Å². The van der Waals surface area contributed by atoms with Gasteiger partial charge in [0.1, 0.15) is 19.3 Å². The average Bonchev–Trinajstić information content (AvgIpc) is 2.84. The number of nitrogens with one attached hydrogen (secondary N) is 4. The number of amides is 4. The van der Waals surface area contributed by atoms with Crippen LogP contribution in [0.2, 0.25) is 0 Å². The standard InChI is InChI=1S/C22H40N4O10/c1-2-3-6-23-20(29)15-35-13-12-34-10-8-25-21(30)16-36-14-11-33-9-7-24-19(28)5-4-18(22(31)32)26-17-27/h17-18H,2-16H2,1H3,(H,23,29)(H,24,28)(H,25,30)(H,26,27)(H,31,32)/t18-/m0/s1. The lowest BCUT2D eigenvalue weighted by molar-refractivity contribution is -0.141. The van der Waals surface area contributed by atoms with Crippen molar-refractivity contribution in [1.82, 2.24) is 21.3 Å². The minimum Gasteiger partial charge on any atom is -0.480 e. The number of hydrogen-bond donors (Lipinski definition) is 5. The number of aliphatic carboxylic acids is 1. The first-order valence-corrected chi connectivity index (χ1v) is 11.9. The van der Waals surface area contributed by atoms with Crippen LogP contribution in [-0.4, -0.2) is 114 Å². The van der Waals surface area contributed by atoms with Crippen LogP contribution in [-0.2, 0) is 42.9 Å². The van der Waals surface area contributed by atoms with E-state index in [1.165, 1.54) is 0 Å². The molecule has 0 heterocycles. The second kappa shape index (κ2) is 23.9. The van der Waals surface area contributed by atoms with Crippen molar-refractivity contribution in [2.75, 3.05) is 72.5 Å². The fraction of sp³-hybridized carbons (Fsp3) is 0.773. The fourth-order valence-electron chi connectivity index (χ4n) is 2.53. The molecule has 0 aliphatic rings. The Morgan fingerprint density at radius 1 is 0.750 bits per heavy atom. The Bertz CT molecular complexity index is 636. The molecular weight excluding hydrogens is 480 g/mol. The molecule has 0 bridgehead atoms. The fourth-order valence-corrected chi connectivity index (χ4v) is 2.53. The van der Waals surface area contributed by atoms with Crippen LogP contribution in [0.1, 0.15) is 32.6 Å². The molecule has 0 saturated carbocycles. The molecule has 1 atom stereocenters. The molecule has 0 radical (unpaired) electrons. The molecule has 0 aromatic carbocycles. The second-order valence-electron chi connectivity index (χ2n) is 7.45. The predicted molar refractivity (Wildman–Crippen MR) is 127 cm³/mol. The van der Waals surface area contributed by atoms with Gasteiger partial charge in [0.05, 0.1) is 39.6 Å². The van der Waals surface area contributed by atoms with Crippen LogP contribution in [0, 0.1) is 0 Å². The van der Waals surface area contributed by atoms with Gasteiger partial charge in [-0.25, -0.2) is 4.79 Å². The summed E-state index contributed by atoms with van der Waals surface area (Å²) >= 11 is 0. The third-order valence-corrected chi connectivity index (χ3v) is 4.43. The predicted octanol–water partition coefficient (Wildman–Crippen LogP) is -1.82. The number of rotatable bonds is 25. The van der Waals surface area contributed by atoms with Gasteiger partial charge in [0.2, 0.25) is 24.1 Å². The molecule has 0 unspecified atom stereocenters. The number of carbonyl (C=O) groups excluding carboxylic acids is 4. The summed E-state index contributed by atoms with van der Waals surface area (Å²) in [6.07, 6.45) is 2.17. The first-order chi connectivity index (χ1) is 17.4. The van der Waals surface area contributed by atoms with Gasteiger partial charge in [0, 0.05) is 26.1 Å². The van der Waals surface area contributed by atoms with Gasteiger partial charge in [-0.1, -0.05) is 13.3 Å². The van der Waals surface area contributed by atoms with Crippen molar-refractivity contribution in [3.8, 4) is 0 Å². The Labute approximate surface area is 211 Å². The molecule has 0 fully saturated rings. The summed E-state index contributed by atoms with van der Waals surface area (Å²) in [6.45, 7) is 4.65. The lowest BCUT2D eigenvalue weighted by Crippen LogP contribution is -2.37. The third kappa shape index (κ3) is 21.7. The Hall–Kier alpha value is -2.81. The van der Waals surface area contributed by atoms with Crippen LogP contribution in [0.25, 0.3) is 0 Å². The summed E-state index contributed by atoms with van der Waals surface area (Å²) in [4.78, 5) is 55.9. The maximum atomic E-state index is 11.7. The first kappa shape index (κ1) is 33.2. The zero-order chi connectivity index (χ0) is 26.9. The summed E-state index contributed by atoms with van der Waals surface area (Å²) in [6, 6.07) is -1.10. The molecular formula is C22H40N4O10. The molecule has 208 valence electrons. The summed E-state index contributed by atoms with van der Waals surface area (Å²) in [7, 11) is 0. The molecule has 0 aromatic rings. The normalized spacial score (nSPS) is 11.4. The SMILES string of the molecule is CCCCNC(=O)COCCOCCNC(=O)COCCOCCNC(=O)CC[C@H](NC=O)C(=O)O. The van der Waals surface area contributed by atoms with Crippen molar-refractivity contribution < 1.29 is 48.0 Å². The van der Waals surface area contributed by atoms with E-state index in [1.807, 2.05) is 6.92 Å². The lowest BCUT2D eigenvalue weighted by Gasteiger charge is -2.11. The number of ether oxygens (including phenoxy) is 4. The maximum absolute atomic E-state index is 11.7. The Balaban J connectivity index is 3.45. The van der Waals surface area contributed by atoms with Gasteiger partial charge in [-0.05, 0) is 12.8 Å². The smallest absolute Gasteiger partial charge is 0.326 e. The highest BCUT2D eigenvalue weighted by Crippen LogP contribution is 1.97. The molecule has 0 spiro atoms. The largest absolute Gasteiger partial charge is 0.480 e. The minimum atomic E-state index is -1.21. The van der Waals surface area contributed by atoms with Crippen molar-refractivity contribution in [2.24, 2.45) is 0 Å². The number of unbranched alkanes of at least 4 members (excludes halogenated alkanes) is 1. The van der Waals surface area contributed by atoms with Crippen LogP contribution in [0.4, 0.5) is 0 Å². The molecule has 14 nitrogen and oxygen atoms in total. The van der Waals surface area contributed by atoms with Crippen LogP contribution >= 0.6 is 0 Å². The van der Waals surface area contributed by atoms with E-state index in [2.05, 4.69) is 21.3 Å². The summed E-state index contributed by atoms with van der Waals surface area (Å²) in [5.41, 5.74) is 0. The van der Waals surface area contributed by atoms with Gasteiger partial charge >= 0.3 is 5.97 Å². The molecule has 0 aromatic heterocycles. The van der Waals surface area contributed by atoms with E-state index < -0.39 is 12.0 Å². The summed E-state index contributed by atoms with van der Waals surface area (Å²) in [5.74, 6) is -2.01. The molecule has 0 saturated heterocycles. The van der Waals surface area contributed by atoms with E-state index in [0.29, 0.717) is 26.3 Å². The van der Waals surface area contributed by atoms with Gasteiger partial charge in [-0.3, -0.25) is 19.2 Å². The first-order valence-electron chi connectivity index (χ1n) is 11.9. The van der Waals surface area contributed by atoms with E-state index in [1.54, 1.807) is 0 Å². The van der Waals surface area contributed by atoms with Gasteiger partial charge in [-0.15, -0.1) is 0 Å². The number of carboxylic acids is 1. The Morgan fingerprint density at radius 2 is 1.25 bits per heavy atom. The zero-order valence-electron chi connectivity index (χ0n) is 20.9. The van der Waals surface area contributed by atoms with Crippen molar-refractivity contribution in [1.29, 1.82) is 0 Å². The Kier molecular flexibility index (Phi) is 22.0. The van der Waals surface area contributed by atoms with Crippen molar-refractivity contribution in [2.45, 2.75) is 38.6 Å². The molecule has 0 aliphatic heterocycles. The number of carbonyl (C=O) groups is 5. The van der Waals surface area contributed by atoms with E-state index in [0.717, 1.165) is 12.8 Å². The highest BCUT2D eigenvalue weighted by molar-refractivity contribution is 5.79. The third-order valence-electron chi connectivity index (χ3n) is 4.43. The number of carboxylic acid groups (broad SMARTS) is 1. The molecule has 36 heavy (non-hydrogen) atoms. The van der Waals surface area contributed by atoms with Crippen LogP contribution in [0.3, 0.4) is 0 Å². The van der Waals surface area contributed by atoms with Crippen LogP contribution in [0.15, 0.2) is 0 Å². The van der Waals surface area contributed by atoms with Gasteiger partial charge < -0.3 is 45.3 Å². The molecule has 0 rings (SSSR count). The van der Waals surface area contributed by atoms with E-state index in [4.69, 9.17) is 24.1 Å².